The van der Waals surface area contributed by atoms with E-state index in [9.17, 15) is 30.8 Å². The summed E-state index contributed by atoms with van der Waals surface area (Å²) in [5.74, 6) is -1.90. The van der Waals surface area contributed by atoms with E-state index >= 15 is 0 Å². The summed E-state index contributed by atoms with van der Waals surface area (Å²) in [5, 5.41) is 2.53. The molecule has 1 unspecified atom stereocenters. The number of carbonyl (C=O) groups is 1. The van der Waals surface area contributed by atoms with Crippen LogP contribution in [0.2, 0.25) is 0 Å². The number of piperidine rings is 1. The van der Waals surface area contributed by atoms with E-state index in [0.717, 1.165) is 31.4 Å². The van der Waals surface area contributed by atoms with Crippen LogP contribution in [-0.2, 0) is 27.5 Å². The quantitative estimate of drug-likeness (QED) is 0.537. The standard InChI is InChI=1S/C23H28F4N4O3S/c1-14-7-10-31(11-8-14)20-6-9-28-21(23(25,26)27)17(20)13-29-22(32)15(2)16-4-5-19(18(24)12-16)30-35(3,33)34/h4-6,9,12,14-15,30H,7-8,10-11,13H2,1-3H3,(H,29,32). The minimum Gasteiger partial charge on any atom is -0.371 e. The van der Waals surface area contributed by atoms with Crippen molar-refractivity contribution in [3.63, 3.8) is 0 Å². The van der Waals surface area contributed by atoms with Gasteiger partial charge in [-0.1, -0.05) is 13.0 Å². The molecule has 1 aliphatic rings. The van der Waals surface area contributed by atoms with E-state index in [0.29, 0.717) is 24.7 Å². The van der Waals surface area contributed by atoms with E-state index < -0.39 is 46.1 Å². The summed E-state index contributed by atoms with van der Waals surface area (Å²) in [7, 11) is -3.69. The van der Waals surface area contributed by atoms with Gasteiger partial charge < -0.3 is 10.2 Å². The van der Waals surface area contributed by atoms with Crippen LogP contribution in [-0.4, -0.2) is 38.7 Å². The van der Waals surface area contributed by atoms with Crippen LogP contribution >= 0.6 is 0 Å². The lowest BCUT2D eigenvalue weighted by Gasteiger charge is -2.34. The largest absolute Gasteiger partial charge is 0.433 e. The van der Waals surface area contributed by atoms with Crippen molar-refractivity contribution in [2.75, 3.05) is 29.0 Å². The fourth-order valence-electron chi connectivity index (χ4n) is 4.01. The smallest absolute Gasteiger partial charge is 0.371 e. The number of aromatic nitrogens is 1. The fraction of sp³-hybridized carbons (Fsp3) is 0.478. The third kappa shape index (κ3) is 6.83. The van der Waals surface area contributed by atoms with Crippen molar-refractivity contribution in [3.05, 3.63) is 53.1 Å². The molecule has 1 fully saturated rings. The Hall–Kier alpha value is -2.89. The van der Waals surface area contributed by atoms with Gasteiger partial charge in [0.15, 0.2) is 5.69 Å². The van der Waals surface area contributed by atoms with E-state index in [1.807, 2.05) is 9.62 Å². The molecule has 0 radical (unpaired) electrons. The van der Waals surface area contributed by atoms with Gasteiger partial charge in [-0.15, -0.1) is 0 Å². The third-order valence-corrected chi connectivity index (χ3v) is 6.64. The van der Waals surface area contributed by atoms with Gasteiger partial charge in [0.1, 0.15) is 5.82 Å². The highest BCUT2D eigenvalue weighted by molar-refractivity contribution is 7.92. The van der Waals surface area contributed by atoms with E-state index in [1.165, 1.54) is 25.1 Å². The first-order chi connectivity index (χ1) is 16.3. The average Bonchev–Trinajstić information content (AvgIpc) is 2.77. The zero-order chi connectivity index (χ0) is 26.0. The lowest BCUT2D eigenvalue weighted by molar-refractivity contribution is -0.142. The molecule has 2 aromatic rings. The molecule has 1 amide bonds. The number of anilines is 2. The van der Waals surface area contributed by atoms with Crippen molar-refractivity contribution in [2.24, 2.45) is 5.92 Å². The topological polar surface area (TPSA) is 91.4 Å². The number of carbonyl (C=O) groups excluding carboxylic acids is 1. The average molecular weight is 517 g/mol. The first-order valence-corrected chi connectivity index (χ1v) is 13.0. The molecule has 1 saturated heterocycles. The Kier molecular flexibility index (Phi) is 7.93. The minimum atomic E-state index is -4.70. The number of halogens is 4. The van der Waals surface area contributed by atoms with Crippen molar-refractivity contribution in [2.45, 2.75) is 45.3 Å². The van der Waals surface area contributed by atoms with Crippen LogP contribution < -0.4 is 14.9 Å². The predicted molar refractivity (Wildman–Crippen MR) is 125 cm³/mol. The Bertz CT molecular complexity index is 1180. The summed E-state index contributed by atoms with van der Waals surface area (Å²) in [6.07, 6.45) is -0.997. The second-order valence-corrected chi connectivity index (χ2v) is 10.6. The lowest BCUT2D eigenvalue weighted by atomic mass is 9.97. The van der Waals surface area contributed by atoms with Gasteiger partial charge in [-0.05, 0) is 49.4 Å². The van der Waals surface area contributed by atoms with E-state index in [1.54, 1.807) is 0 Å². The van der Waals surface area contributed by atoms with Gasteiger partial charge in [0.05, 0.1) is 17.9 Å². The van der Waals surface area contributed by atoms with Gasteiger partial charge in [0.2, 0.25) is 15.9 Å². The normalized spacial score (nSPS) is 16.1. The van der Waals surface area contributed by atoms with Crippen LogP contribution in [0.1, 0.15) is 49.4 Å². The van der Waals surface area contributed by atoms with Crippen LogP contribution in [0.3, 0.4) is 0 Å². The zero-order valence-corrected chi connectivity index (χ0v) is 20.4. The first-order valence-electron chi connectivity index (χ1n) is 11.1. The maximum atomic E-state index is 14.3. The van der Waals surface area contributed by atoms with Gasteiger partial charge in [-0.2, -0.15) is 13.2 Å². The van der Waals surface area contributed by atoms with Gasteiger partial charge in [0.25, 0.3) is 0 Å². The Morgan fingerprint density at radius 1 is 1.23 bits per heavy atom. The molecule has 1 aliphatic heterocycles. The summed E-state index contributed by atoms with van der Waals surface area (Å²) in [5.41, 5.74) is -0.812. The molecule has 2 heterocycles. The number of amides is 1. The van der Waals surface area contributed by atoms with Gasteiger partial charge in [-0.3, -0.25) is 14.5 Å². The van der Waals surface area contributed by atoms with Crippen LogP contribution in [0.5, 0.6) is 0 Å². The Morgan fingerprint density at radius 2 is 1.89 bits per heavy atom. The number of alkyl halides is 3. The van der Waals surface area contributed by atoms with Crippen molar-refractivity contribution < 1.29 is 30.8 Å². The number of hydrogen-bond acceptors (Lipinski definition) is 5. The zero-order valence-electron chi connectivity index (χ0n) is 19.6. The number of nitrogens with zero attached hydrogens (tertiary/aromatic N) is 2. The van der Waals surface area contributed by atoms with E-state index in [2.05, 4.69) is 17.2 Å². The Labute approximate surface area is 202 Å². The van der Waals surface area contributed by atoms with Crippen molar-refractivity contribution >= 4 is 27.3 Å². The molecule has 35 heavy (non-hydrogen) atoms. The summed E-state index contributed by atoms with van der Waals surface area (Å²) in [6.45, 7) is 4.39. The molecule has 192 valence electrons. The van der Waals surface area contributed by atoms with Gasteiger partial charge in [-0.25, -0.2) is 12.8 Å². The van der Waals surface area contributed by atoms with Crippen LogP contribution in [0.4, 0.5) is 28.9 Å². The maximum Gasteiger partial charge on any atom is 0.433 e. The highest BCUT2D eigenvalue weighted by Crippen LogP contribution is 2.36. The Morgan fingerprint density at radius 3 is 2.46 bits per heavy atom. The number of benzene rings is 1. The summed E-state index contributed by atoms with van der Waals surface area (Å²) in [4.78, 5) is 18.2. The van der Waals surface area contributed by atoms with E-state index in [4.69, 9.17) is 0 Å². The molecule has 0 bridgehead atoms. The molecule has 0 aliphatic carbocycles. The number of sulfonamides is 1. The van der Waals surface area contributed by atoms with E-state index in [-0.39, 0.29) is 16.8 Å². The fourth-order valence-corrected chi connectivity index (χ4v) is 4.57. The molecule has 2 N–H and O–H groups in total. The molecule has 7 nitrogen and oxygen atoms in total. The molecule has 0 saturated carbocycles. The molecule has 0 spiro atoms. The second kappa shape index (κ2) is 10.4. The third-order valence-electron chi connectivity index (χ3n) is 6.05. The Balaban J connectivity index is 1.80. The second-order valence-electron chi connectivity index (χ2n) is 8.88. The molecule has 1 aromatic heterocycles. The summed E-state index contributed by atoms with van der Waals surface area (Å²) < 4.78 is 80.2. The van der Waals surface area contributed by atoms with Crippen molar-refractivity contribution in [1.29, 1.82) is 0 Å². The lowest BCUT2D eigenvalue weighted by Crippen LogP contribution is -2.35. The minimum absolute atomic E-state index is 0.117. The first kappa shape index (κ1) is 26.7. The maximum absolute atomic E-state index is 14.3. The molecular formula is C23H28F4N4O3S. The molecule has 1 aromatic carbocycles. The number of pyridine rings is 1. The highest BCUT2D eigenvalue weighted by Gasteiger charge is 2.37. The summed E-state index contributed by atoms with van der Waals surface area (Å²) in [6, 6.07) is 5.11. The summed E-state index contributed by atoms with van der Waals surface area (Å²) >= 11 is 0. The molecule has 1 atom stereocenters. The van der Waals surface area contributed by atoms with Crippen LogP contribution in [0.25, 0.3) is 0 Å². The van der Waals surface area contributed by atoms with Crippen LogP contribution in [0, 0.1) is 11.7 Å². The molecule has 3 rings (SSSR count). The monoisotopic (exact) mass is 516 g/mol. The molecular weight excluding hydrogens is 488 g/mol. The number of hydrogen-bond donors (Lipinski definition) is 2. The van der Waals surface area contributed by atoms with Crippen molar-refractivity contribution in [1.82, 2.24) is 10.3 Å². The molecule has 12 heteroatoms. The van der Waals surface area contributed by atoms with Gasteiger partial charge >= 0.3 is 6.18 Å². The van der Waals surface area contributed by atoms with Crippen molar-refractivity contribution in [3.8, 4) is 0 Å². The predicted octanol–water partition coefficient (Wildman–Crippen LogP) is 4.27. The number of nitrogens with one attached hydrogen (secondary N) is 2. The number of rotatable bonds is 7. The highest BCUT2D eigenvalue weighted by atomic mass is 32.2. The van der Waals surface area contributed by atoms with Crippen LogP contribution in [0.15, 0.2) is 30.5 Å². The van der Waals surface area contributed by atoms with Gasteiger partial charge in [0, 0.05) is 37.1 Å². The SMILES string of the molecule is CC1CCN(c2ccnc(C(F)(F)F)c2CNC(=O)C(C)c2ccc(NS(C)(=O)=O)c(F)c2)CC1.